The number of halogens is 3. The molecule has 0 radical (unpaired) electrons. The van der Waals surface area contributed by atoms with Crippen LogP contribution in [0.25, 0.3) is 22.2 Å². The summed E-state index contributed by atoms with van der Waals surface area (Å²) in [4.78, 5) is 18.8. The van der Waals surface area contributed by atoms with E-state index in [1.807, 2.05) is 12.1 Å². The van der Waals surface area contributed by atoms with Gasteiger partial charge >= 0.3 is 6.01 Å². The van der Waals surface area contributed by atoms with Crippen LogP contribution >= 0.6 is 0 Å². The second kappa shape index (κ2) is 14.0. The molecule has 4 saturated heterocycles. The number of hydrogen-bond acceptors (Lipinski definition) is 9. The quantitative estimate of drug-likeness (QED) is 0.148. The largest absolute Gasteiger partial charge is 0.497 e. The van der Waals surface area contributed by atoms with E-state index in [9.17, 15) is 0 Å². The number of ether oxygens (including phenoxy) is 3. The van der Waals surface area contributed by atoms with E-state index in [0.29, 0.717) is 48.7 Å². The third kappa shape index (κ3) is 6.49. The summed E-state index contributed by atoms with van der Waals surface area (Å²) >= 11 is 0. The van der Waals surface area contributed by atoms with Crippen LogP contribution < -0.4 is 24.4 Å². The monoisotopic (exact) mass is 736 g/mol. The minimum absolute atomic E-state index is 0.0407. The maximum absolute atomic E-state index is 17.1. The van der Waals surface area contributed by atoms with E-state index in [-0.39, 0.29) is 51.8 Å². The van der Waals surface area contributed by atoms with Crippen molar-refractivity contribution in [2.45, 2.75) is 68.7 Å². The first-order chi connectivity index (χ1) is 26.3. The van der Waals surface area contributed by atoms with E-state index in [1.54, 1.807) is 49.7 Å². The zero-order chi connectivity index (χ0) is 36.9. The molecule has 2 bridgehead atoms. The van der Waals surface area contributed by atoms with Crippen molar-refractivity contribution in [1.82, 2.24) is 25.2 Å². The van der Waals surface area contributed by atoms with Gasteiger partial charge in [-0.3, -0.25) is 9.88 Å². The van der Waals surface area contributed by atoms with Crippen molar-refractivity contribution >= 4 is 16.7 Å². The first kappa shape index (κ1) is 34.8. The first-order valence-corrected chi connectivity index (χ1v) is 18.9. The normalized spacial score (nSPS) is 20.7. The highest BCUT2D eigenvalue weighted by atomic mass is 19.3. The first-order valence-electron chi connectivity index (χ1n) is 18.9. The topological polar surface area (TPSA) is 84.9 Å². The summed E-state index contributed by atoms with van der Waals surface area (Å²) in [5.74, 6) is -2.73. The van der Waals surface area contributed by atoms with Gasteiger partial charge < -0.3 is 24.4 Å². The molecule has 280 valence electrons. The highest BCUT2D eigenvalue weighted by Gasteiger charge is 2.45. The van der Waals surface area contributed by atoms with Crippen LogP contribution in [-0.4, -0.2) is 77.4 Å². The molecule has 9 nitrogen and oxygen atoms in total. The fraction of sp³-hybridized carbons (Fsp3) is 0.405. The number of aromatic nitrogens is 3. The number of pyridine rings is 1. The van der Waals surface area contributed by atoms with Crippen molar-refractivity contribution in [1.29, 1.82) is 0 Å². The minimum atomic E-state index is -3.41. The number of benzene rings is 3. The Morgan fingerprint density at radius 1 is 0.870 bits per heavy atom. The van der Waals surface area contributed by atoms with Crippen LogP contribution in [0.5, 0.6) is 17.5 Å². The molecule has 0 saturated carbocycles. The molecule has 0 amide bonds. The van der Waals surface area contributed by atoms with E-state index >= 15 is 13.2 Å². The fourth-order valence-corrected chi connectivity index (χ4v) is 8.86. The highest BCUT2D eigenvalue weighted by Crippen LogP contribution is 2.42. The minimum Gasteiger partial charge on any atom is -0.497 e. The van der Waals surface area contributed by atoms with Gasteiger partial charge in [0.2, 0.25) is 0 Å². The van der Waals surface area contributed by atoms with Crippen molar-refractivity contribution in [3.63, 3.8) is 0 Å². The molecule has 0 spiro atoms. The van der Waals surface area contributed by atoms with E-state index in [2.05, 4.69) is 25.1 Å². The number of hydrogen-bond donors (Lipinski definition) is 1. The standard InChI is InChI=1S/C42H43F3N6O3/c1-52-33-13-9-27(10-14-33)25-53-34-20-28(19-30(21-34)42(44,45)29-7-3-2-4-8-29)37-36(43)38-35(22-46-37)39(50-23-31-11-12-32(24-50)47-31)49-40(48-38)54-26-41-15-5-17-51(41)18-6-16-41/h2-4,7-10,13-14,19-22,31-32,47H,5-6,11-12,15-18,23-26H2,1H3/t31-,32+. The SMILES string of the molecule is COc1ccc(COc2cc(-c3ncc4c(N5C[C@H]6CC[C@@H](C5)N6)nc(OCC56CCCN5CCC6)nc4c3F)cc(C(F)(F)c3ccccc3)c2)cc1. The van der Waals surface area contributed by atoms with Gasteiger partial charge in [-0.25, -0.2) is 4.39 Å². The second-order valence-corrected chi connectivity index (χ2v) is 15.1. The molecule has 3 aromatic carbocycles. The zero-order valence-corrected chi connectivity index (χ0v) is 30.2. The van der Waals surface area contributed by atoms with Crippen LogP contribution in [0.2, 0.25) is 0 Å². The summed E-state index contributed by atoms with van der Waals surface area (Å²) in [6, 6.07) is 19.7. The number of nitrogens with zero attached hydrogens (tertiary/aromatic N) is 5. The highest BCUT2D eigenvalue weighted by molar-refractivity contribution is 5.92. The predicted octanol–water partition coefficient (Wildman–Crippen LogP) is 7.51. The molecule has 4 aliphatic heterocycles. The Labute approximate surface area is 312 Å². The number of piperazine rings is 1. The summed E-state index contributed by atoms with van der Waals surface area (Å²) in [6.45, 7) is 4.06. The number of fused-ring (bicyclic) bond motifs is 4. The van der Waals surface area contributed by atoms with Crippen LogP contribution in [0.4, 0.5) is 19.0 Å². The van der Waals surface area contributed by atoms with E-state index in [4.69, 9.17) is 19.2 Å². The summed E-state index contributed by atoms with van der Waals surface area (Å²) in [5, 5.41) is 4.10. The van der Waals surface area contributed by atoms with Crippen LogP contribution in [0.1, 0.15) is 55.2 Å². The third-order valence-electron chi connectivity index (χ3n) is 11.7. The van der Waals surface area contributed by atoms with Crippen molar-refractivity contribution in [2.24, 2.45) is 0 Å². The Balaban J connectivity index is 1.12. The van der Waals surface area contributed by atoms with Crippen molar-refractivity contribution < 1.29 is 27.4 Å². The van der Waals surface area contributed by atoms with E-state index in [0.717, 1.165) is 57.2 Å². The molecule has 4 aliphatic rings. The van der Waals surface area contributed by atoms with Gasteiger partial charge in [-0.1, -0.05) is 42.5 Å². The van der Waals surface area contributed by atoms with Gasteiger partial charge in [0.05, 0.1) is 18.0 Å². The van der Waals surface area contributed by atoms with Crippen LogP contribution in [-0.2, 0) is 12.5 Å². The molecule has 1 N–H and O–H groups in total. The molecule has 2 aromatic heterocycles. The Bertz CT molecular complexity index is 2130. The lowest BCUT2D eigenvalue weighted by atomic mass is 9.95. The van der Waals surface area contributed by atoms with Gasteiger partial charge in [0.1, 0.15) is 41.7 Å². The number of anilines is 1. The van der Waals surface area contributed by atoms with Gasteiger partial charge in [0, 0.05) is 48.1 Å². The number of rotatable bonds is 11. The number of alkyl halides is 2. The third-order valence-corrected chi connectivity index (χ3v) is 11.7. The maximum atomic E-state index is 17.1. The van der Waals surface area contributed by atoms with E-state index in [1.165, 1.54) is 24.3 Å². The lowest BCUT2D eigenvalue weighted by Gasteiger charge is -2.34. The van der Waals surface area contributed by atoms with Gasteiger partial charge in [-0.2, -0.15) is 18.7 Å². The molecule has 6 heterocycles. The fourth-order valence-electron chi connectivity index (χ4n) is 8.86. The smallest absolute Gasteiger partial charge is 0.319 e. The van der Waals surface area contributed by atoms with Gasteiger partial charge in [0.25, 0.3) is 5.92 Å². The predicted molar refractivity (Wildman–Crippen MR) is 200 cm³/mol. The summed E-state index contributed by atoms with van der Waals surface area (Å²) in [7, 11) is 1.58. The molecule has 54 heavy (non-hydrogen) atoms. The molecule has 4 fully saturated rings. The van der Waals surface area contributed by atoms with E-state index < -0.39 is 11.7 Å². The molecule has 5 aromatic rings. The molecule has 2 atom stereocenters. The van der Waals surface area contributed by atoms with Crippen LogP contribution in [0.15, 0.2) is 79.0 Å². The molecular formula is C42H43F3N6O3. The molecule has 12 heteroatoms. The molecule has 9 rings (SSSR count). The number of methoxy groups -OCH3 is 1. The summed E-state index contributed by atoms with van der Waals surface area (Å²) in [5.41, 5.74) is 0.278. The Morgan fingerprint density at radius 2 is 1.61 bits per heavy atom. The average Bonchev–Trinajstić information content (AvgIpc) is 3.90. The van der Waals surface area contributed by atoms with Crippen LogP contribution in [0, 0.1) is 5.82 Å². The second-order valence-electron chi connectivity index (χ2n) is 15.1. The van der Waals surface area contributed by atoms with Gasteiger partial charge in [-0.05, 0) is 87.5 Å². The average molecular weight is 737 g/mol. The molecule has 0 unspecified atom stereocenters. The van der Waals surface area contributed by atoms with Gasteiger partial charge in [-0.15, -0.1) is 0 Å². The van der Waals surface area contributed by atoms with Crippen molar-refractivity contribution in [3.8, 4) is 28.8 Å². The van der Waals surface area contributed by atoms with Crippen LogP contribution in [0.3, 0.4) is 0 Å². The lowest BCUT2D eigenvalue weighted by molar-refractivity contribution is 0.0425. The Morgan fingerprint density at radius 3 is 2.33 bits per heavy atom. The number of nitrogens with one attached hydrogen (secondary N) is 1. The zero-order valence-electron chi connectivity index (χ0n) is 30.2. The Hall–Kier alpha value is -4.94. The lowest BCUT2D eigenvalue weighted by Crippen LogP contribution is -2.51. The maximum Gasteiger partial charge on any atom is 0.319 e. The summed E-state index contributed by atoms with van der Waals surface area (Å²) in [6.07, 6.45) is 8.02. The van der Waals surface area contributed by atoms with Crippen molar-refractivity contribution in [3.05, 3.63) is 102 Å². The Kier molecular flexibility index (Phi) is 9.05. The van der Waals surface area contributed by atoms with Crippen molar-refractivity contribution in [2.75, 3.05) is 44.8 Å². The van der Waals surface area contributed by atoms with Gasteiger partial charge in [0.15, 0.2) is 5.82 Å². The summed E-state index contributed by atoms with van der Waals surface area (Å²) < 4.78 is 67.3. The molecular weight excluding hydrogens is 693 g/mol. The molecule has 0 aliphatic carbocycles.